The Morgan fingerprint density at radius 1 is 1.33 bits per heavy atom. The highest BCUT2D eigenvalue weighted by atomic mass is 35.5. The van der Waals surface area contributed by atoms with E-state index in [1.54, 1.807) is 29.3 Å². The van der Waals surface area contributed by atoms with Crippen LogP contribution in [-0.2, 0) is 0 Å². The first kappa shape index (κ1) is 7.24. The molecule has 0 saturated heterocycles. The van der Waals surface area contributed by atoms with Crippen LogP contribution in [-0.4, -0.2) is 19.7 Å². The van der Waals surface area contributed by atoms with Crippen molar-refractivity contribution >= 4 is 11.6 Å². The lowest BCUT2D eigenvalue weighted by atomic mass is 10.6. The van der Waals surface area contributed by atoms with Crippen LogP contribution in [0.1, 0.15) is 0 Å². The summed E-state index contributed by atoms with van der Waals surface area (Å²) in [5.74, 6) is 0.667. The molecule has 0 spiro atoms. The van der Waals surface area contributed by atoms with Gasteiger partial charge in [0.25, 0.3) is 0 Å². The molecule has 2 aromatic rings. The number of hydrogen-bond acceptors (Lipinski definition) is 3. The normalized spacial score (nSPS) is 10.1. The molecular formula is C7H5ClN4. The van der Waals surface area contributed by atoms with Crippen LogP contribution in [0.3, 0.4) is 0 Å². The maximum Gasteiger partial charge on any atom is 0.224 e. The van der Waals surface area contributed by atoms with E-state index in [1.807, 2.05) is 6.07 Å². The van der Waals surface area contributed by atoms with Gasteiger partial charge in [-0.25, -0.2) is 9.67 Å². The molecule has 0 fully saturated rings. The monoisotopic (exact) mass is 180 g/mol. The Morgan fingerprint density at radius 2 is 2.25 bits per heavy atom. The summed E-state index contributed by atoms with van der Waals surface area (Å²) in [6.07, 6.45) is 5.06. The maximum absolute atomic E-state index is 5.60. The molecule has 12 heavy (non-hydrogen) atoms. The summed E-state index contributed by atoms with van der Waals surface area (Å²) in [5, 5.41) is 4.22. The van der Waals surface area contributed by atoms with Gasteiger partial charge in [0.2, 0.25) is 5.28 Å². The molecule has 0 saturated carbocycles. The highest BCUT2D eigenvalue weighted by molar-refractivity contribution is 6.28. The summed E-state index contributed by atoms with van der Waals surface area (Å²) in [5.41, 5.74) is 0. The van der Waals surface area contributed by atoms with Crippen LogP contribution in [0.5, 0.6) is 0 Å². The quantitative estimate of drug-likeness (QED) is 0.622. The second-order valence-corrected chi connectivity index (χ2v) is 2.47. The molecule has 0 aliphatic rings. The largest absolute Gasteiger partial charge is 0.226 e. The minimum atomic E-state index is 0.225. The van der Waals surface area contributed by atoms with Crippen molar-refractivity contribution in [1.82, 2.24) is 19.7 Å². The van der Waals surface area contributed by atoms with Gasteiger partial charge in [-0.15, -0.1) is 0 Å². The number of halogens is 1. The van der Waals surface area contributed by atoms with Crippen LogP contribution in [0.25, 0.3) is 5.82 Å². The summed E-state index contributed by atoms with van der Waals surface area (Å²) < 4.78 is 1.62. The van der Waals surface area contributed by atoms with Crippen molar-refractivity contribution in [2.75, 3.05) is 0 Å². The third-order valence-corrected chi connectivity index (χ3v) is 1.53. The van der Waals surface area contributed by atoms with Gasteiger partial charge in [-0.05, 0) is 17.7 Å². The highest BCUT2D eigenvalue weighted by Gasteiger charge is 1.97. The molecular weight excluding hydrogens is 176 g/mol. The summed E-state index contributed by atoms with van der Waals surface area (Å²) in [7, 11) is 0. The lowest BCUT2D eigenvalue weighted by Gasteiger charge is -1.97. The average Bonchev–Trinajstić information content (AvgIpc) is 2.56. The molecule has 0 aromatic carbocycles. The SMILES string of the molecule is Clc1nccc(-n2cccn2)n1. The van der Waals surface area contributed by atoms with E-state index in [2.05, 4.69) is 15.1 Å². The number of aromatic nitrogens is 4. The smallest absolute Gasteiger partial charge is 0.224 e. The summed E-state index contributed by atoms with van der Waals surface area (Å²) in [6, 6.07) is 3.55. The van der Waals surface area contributed by atoms with Gasteiger partial charge in [0.1, 0.15) is 0 Å². The maximum atomic E-state index is 5.60. The first-order valence-electron chi connectivity index (χ1n) is 3.35. The fourth-order valence-electron chi connectivity index (χ4n) is 0.858. The minimum absolute atomic E-state index is 0.225. The molecule has 5 heteroatoms. The first-order chi connectivity index (χ1) is 5.86. The van der Waals surface area contributed by atoms with Crippen LogP contribution >= 0.6 is 11.6 Å². The molecule has 0 aliphatic carbocycles. The van der Waals surface area contributed by atoms with Gasteiger partial charge < -0.3 is 0 Å². The molecule has 2 aromatic heterocycles. The minimum Gasteiger partial charge on any atom is -0.226 e. The molecule has 0 unspecified atom stereocenters. The van der Waals surface area contributed by atoms with Gasteiger partial charge in [-0.3, -0.25) is 0 Å². The Bertz CT molecular complexity index is 371. The molecule has 60 valence electrons. The molecule has 0 amide bonds. The predicted molar refractivity (Wildman–Crippen MR) is 44.2 cm³/mol. The second-order valence-electron chi connectivity index (χ2n) is 2.13. The fourth-order valence-corrected chi connectivity index (χ4v) is 1.00. The summed E-state index contributed by atoms with van der Waals surface area (Å²) in [6.45, 7) is 0. The Labute approximate surface area is 73.8 Å². The van der Waals surface area contributed by atoms with Crippen molar-refractivity contribution < 1.29 is 0 Å². The van der Waals surface area contributed by atoms with Gasteiger partial charge in [-0.1, -0.05) is 0 Å². The van der Waals surface area contributed by atoms with E-state index in [9.17, 15) is 0 Å². The number of hydrogen-bond donors (Lipinski definition) is 0. The third kappa shape index (κ3) is 1.29. The summed E-state index contributed by atoms with van der Waals surface area (Å²) in [4.78, 5) is 7.73. The highest BCUT2D eigenvalue weighted by Crippen LogP contribution is 2.04. The van der Waals surface area contributed by atoms with E-state index >= 15 is 0 Å². The van der Waals surface area contributed by atoms with Gasteiger partial charge >= 0.3 is 0 Å². The van der Waals surface area contributed by atoms with E-state index in [0.29, 0.717) is 5.82 Å². The Kier molecular flexibility index (Phi) is 1.75. The third-order valence-electron chi connectivity index (χ3n) is 1.35. The van der Waals surface area contributed by atoms with E-state index in [0.717, 1.165) is 0 Å². The lowest BCUT2D eigenvalue weighted by molar-refractivity contribution is 0.839. The molecule has 0 atom stereocenters. The van der Waals surface area contributed by atoms with Gasteiger partial charge in [0, 0.05) is 24.7 Å². The zero-order valence-electron chi connectivity index (χ0n) is 6.05. The first-order valence-corrected chi connectivity index (χ1v) is 3.72. The number of rotatable bonds is 1. The lowest BCUT2D eigenvalue weighted by Crippen LogP contribution is -1.98. The molecule has 0 bridgehead atoms. The predicted octanol–water partition coefficient (Wildman–Crippen LogP) is 1.32. The molecule has 0 N–H and O–H groups in total. The van der Waals surface area contributed by atoms with E-state index in [4.69, 9.17) is 11.6 Å². The average molecular weight is 181 g/mol. The van der Waals surface area contributed by atoms with Gasteiger partial charge in [-0.2, -0.15) is 10.1 Å². The Morgan fingerprint density at radius 3 is 2.92 bits per heavy atom. The van der Waals surface area contributed by atoms with E-state index < -0.39 is 0 Å². The van der Waals surface area contributed by atoms with Crippen LogP contribution in [0, 0.1) is 0 Å². The molecule has 2 heterocycles. The number of nitrogens with zero attached hydrogens (tertiary/aromatic N) is 4. The molecule has 4 nitrogen and oxygen atoms in total. The topological polar surface area (TPSA) is 43.6 Å². The van der Waals surface area contributed by atoms with E-state index in [1.165, 1.54) is 0 Å². The fraction of sp³-hybridized carbons (Fsp3) is 0. The summed E-state index contributed by atoms with van der Waals surface area (Å²) >= 11 is 5.60. The van der Waals surface area contributed by atoms with Crippen LogP contribution in [0.4, 0.5) is 0 Å². The van der Waals surface area contributed by atoms with Crippen molar-refractivity contribution in [3.8, 4) is 5.82 Å². The van der Waals surface area contributed by atoms with E-state index in [-0.39, 0.29) is 5.28 Å². The second kappa shape index (κ2) is 2.91. The Hall–Kier alpha value is -1.42. The van der Waals surface area contributed by atoms with Crippen LogP contribution in [0.15, 0.2) is 30.7 Å². The zero-order valence-corrected chi connectivity index (χ0v) is 6.81. The zero-order chi connectivity index (χ0) is 8.39. The standard InChI is InChI=1S/C7H5ClN4/c8-7-9-4-2-6(11-7)12-5-1-3-10-12/h1-5H. The molecule has 0 aliphatic heterocycles. The van der Waals surface area contributed by atoms with Crippen molar-refractivity contribution in [3.05, 3.63) is 36.0 Å². The molecule has 0 radical (unpaired) electrons. The van der Waals surface area contributed by atoms with Gasteiger partial charge in [0.05, 0.1) is 0 Å². The van der Waals surface area contributed by atoms with Crippen molar-refractivity contribution in [2.45, 2.75) is 0 Å². The van der Waals surface area contributed by atoms with Crippen LogP contribution < -0.4 is 0 Å². The Balaban J connectivity index is 2.48. The van der Waals surface area contributed by atoms with Crippen molar-refractivity contribution in [1.29, 1.82) is 0 Å². The van der Waals surface area contributed by atoms with Crippen LogP contribution in [0.2, 0.25) is 5.28 Å². The van der Waals surface area contributed by atoms with Gasteiger partial charge in [0.15, 0.2) is 5.82 Å². The van der Waals surface area contributed by atoms with Crippen molar-refractivity contribution in [2.24, 2.45) is 0 Å². The van der Waals surface area contributed by atoms with Crippen molar-refractivity contribution in [3.63, 3.8) is 0 Å². The molecule has 2 rings (SSSR count).